The number of amides is 2. The number of nitrogens with zero attached hydrogens (tertiary/aromatic N) is 1. The van der Waals surface area contributed by atoms with Crippen molar-refractivity contribution in [3.05, 3.63) is 96.1 Å². The van der Waals surface area contributed by atoms with Crippen LogP contribution in [0.15, 0.2) is 84.9 Å². The van der Waals surface area contributed by atoms with Crippen molar-refractivity contribution in [3.63, 3.8) is 0 Å². The third-order valence-corrected chi connectivity index (χ3v) is 5.36. The molecule has 1 aliphatic rings. The van der Waals surface area contributed by atoms with Crippen LogP contribution in [-0.2, 0) is 9.59 Å². The molecule has 3 nitrogen and oxygen atoms in total. The molecule has 0 aliphatic carbocycles. The van der Waals surface area contributed by atoms with Crippen molar-refractivity contribution in [2.75, 3.05) is 7.05 Å². The first-order valence-corrected chi connectivity index (χ1v) is 9.18. The molecule has 0 aromatic heterocycles. The third-order valence-electron chi connectivity index (χ3n) is 5.36. The summed E-state index contributed by atoms with van der Waals surface area (Å²) < 4.78 is 0. The van der Waals surface area contributed by atoms with Crippen LogP contribution in [0.3, 0.4) is 0 Å². The van der Waals surface area contributed by atoms with E-state index in [1.165, 1.54) is 4.90 Å². The Kier molecular flexibility index (Phi) is 3.63. The molecule has 28 heavy (non-hydrogen) atoms. The predicted molar refractivity (Wildman–Crippen MR) is 112 cm³/mol. The highest BCUT2D eigenvalue weighted by Crippen LogP contribution is 2.36. The van der Waals surface area contributed by atoms with E-state index in [1.54, 1.807) is 7.05 Å². The van der Waals surface area contributed by atoms with Gasteiger partial charge in [0.05, 0.1) is 11.1 Å². The zero-order valence-electron chi connectivity index (χ0n) is 15.3. The highest BCUT2D eigenvalue weighted by Gasteiger charge is 2.37. The standard InChI is InChI=1S/C25H17NO2/c1-26-24(27)22(20-12-10-16-6-2-4-8-18(16)14-20)23(25(26)28)21-13-11-17-7-3-5-9-19(17)15-21/h2-15H,1H3. The van der Waals surface area contributed by atoms with Gasteiger partial charge in [-0.1, -0.05) is 72.8 Å². The lowest BCUT2D eigenvalue weighted by molar-refractivity contribution is -0.134. The Labute approximate surface area is 162 Å². The van der Waals surface area contributed by atoms with E-state index in [9.17, 15) is 9.59 Å². The molecule has 0 atom stereocenters. The SMILES string of the molecule is CN1C(=O)C(c2ccc3ccccc3c2)=C(c2ccc3ccccc3c2)C1=O. The van der Waals surface area contributed by atoms with Gasteiger partial charge in [-0.05, 0) is 44.8 Å². The lowest BCUT2D eigenvalue weighted by atomic mass is 9.93. The second kappa shape index (κ2) is 6.17. The Hall–Kier alpha value is -3.72. The second-order valence-electron chi connectivity index (χ2n) is 7.04. The summed E-state index contributed by atoms with van der Waals surface area (Å²) in [5, 5.41) is 4.29. The molecule has 0 radical (unpaired) electrons. The molecule has 0 fully saturated rings. The molecule has 0 saturated heterocycles. The summed E-state index contributed by atoms with van der Waals surface area (Å²) in [6.45, 7) is 0. The first-order valence-electron chi connectivity index (χ1n) is 9.18. The molecule has 1 aliphatic heterocycles. The topological polar surface area (TPSA) is 37.4 Å². The van der Waals surface area contributed by atoms with Gasteiger partial charge >= 0.3 is 0 Å². The van der Waals surface area contributed by atoms with Crippen LogP contribution in [0.4, 0.5) is 0 Å². The molecule has 0 unspecified atom stereocenters. The number of carbonyl (C=O) groups is 2. The molecule has 0 spiro atoms. The van der Waals surface area contributed by atoms with E-state index in [-0.39, 0.29) is 11.8 Å². The van der Waals surface area contributed by atoms with Crippen molar-refractivity contribution in [2.45, 2.75) is 0 Å². The van der Waals surface area contributed by atoms with E-state index < -0.39 is 0 Å². The maximum absolute atomic E-state index is 12.9. The summed E-state index contributed by atoms with van der Waals surface area (Å²) >= 11 is 0. The fourth-order valence-electron chi connectivity index (χ4n) is 3.87. The molecular formula is C25H17NO2. The predicted octanol–water partition coefficient (Wildman–Crippen LogP) is 4.90. The van der Waals surface area contributed by atoms with Crippen molar-refractivity contribution >= 4 is 44.5 Å². The second-order valence-corrected chi connectivity index (χ2v) is 7.04. The number of fused-ring (bicyclic) bond motifs is 2. The minimum absolute atomic E-state index is 0.261. The molecule has 134 valence electrons. The van der Waals surface area contributed by atoms with E-state index in [4.69, 9.17) is 0 Å². The Morgan fingerprint density at radius 2 is 0.929 bits per heavy atom. The summed E-state index contributed by atoms with van der Waals surface area (Å²) in [6, 6.07) is 27.8. The van der Waals surface area contributed by atoms with Gasteiger partial charge in [-0.25, -0.2) is 0 Å². The zero-order chi connectivity index (χ0) is 19.3. The van der Waals surface area contributed by atoms with Crippen molar-refractivity contribution < 1.29 is 9.59 Å². The van der Waals surface area contributed by atoms with E-state index in [1.807, 2.05) is 84.9 Å². The highest BCUT2D eigenvalue weighted by atomic mass is 16.2. The van der Waals surface area contributed by atoms with Gasteiger partial charge in [-0.3, -0.25) is 14.5 Å². The number of imide groups is 1. The lowest BCUT2D eigenvalue weighted by Crippen LogP contribution is -2.26. The van der Waals surface area contributed by atoms with Gasteiger partial charge in [0.2, 0.25) is 0 Å². The summed E-state index contributed by atoms with van der Waals surface area (Å²) in [6.07, 6.45) is 0. The fourth-order valence-corrected chi connectivity index (χ4v) is 3.87. The molecule has 0 N–H and O–H groups in total. The number of carbonyl (C=O) groups excluding carboxylic acids is 2. The van der Waals surface area contributed by atoms with Crippen LogP contribution in [0.5, 0.6) is 0 Å². The molecule has 2 amide bonds. The number of likely N-dealkylation sites (N-methyl/N-ethyl adjacent to an activating group) is 1. The van der Waals surface area contributed by atoms with Gasteiger partial charge in [0.25, 0.3) is 11.8 Å². The number of rotatable bonds is 2. The van der Waals surface area contributed by atoms with Crippen molar-refractivity contribution in [2.24, 2.45) is 0 Å². The maximum atomic E-state index is 12.9. The first kappa shape index (κ1) is 16.5. The molecule has 3 heteroatoms. The summed E-state index contributed by atoms with van der Waals surface area (Å²) in [7, 11) is 1.54. The minimum atomic E-state index is -0.261. The highest BCUT2D eigenvalue weighted by molar-refractivity contribution is 6.49. The van der Waals surface area contributed by atoms with Crippen LogP contribution in [0, 0.1) is 0 Å². The monoisotopic (exact) mass is 363 g/mol. The van der Waals surface area contributed by atoms with Crippen LogP contribution in [0.1, 0.15) is 11.1 Å². The van der Waals surface area contributed by atoms with Gasteiger partial charge in [0.1, 0.15) is 0 Å². The van der Waals surface area contributed by atoms with Gasteiger partial charge in [0.15, 0.2) is 0 Å². The van der Waals surface area contributed by atoms with Gasteiger partial charge in [0, 0.05) is 7.05 Å². The number of hydrogen-bond acceptors (Lipinski definition) is 2. The molecule has 1 heterocycles. The van der Waals surface area contributed by atoms with E-state index in [0.29, 0.717) is 11.1 Å². The molecule has 4 aromatic rings. The first-order chi connectivity index (χ1) is 13.6. The van der Waals surface area contributed by atoms with Crippen molar-refractivity contribution in [3.8, 4) is 0 Å². The van der Waals surface area contributed by atoms with E-state index >= 15 is 0 Å². The van der Waals surface area contributed by atoms with Crippen LogP contribution < -0.4 is 0 Å². The van der Waals surface area contributed by atoms with Gasteiger partial charge in [-0.15, -0.1) is 0 Å². The number of benzene rings is 4. The molecular weight excluding hydrogens is 346 g/mol. The van der Waals surface area contributed by atoms with Gasteiger partial charge < -0.3 is 0 Å². The Morgan fingerprint density at radius 1 is 0.536 bits per heavy atom. The molecule has 0 saturated carbocycles. The maximum Gasteiger partial charge on any atom is 0.261 e. The van der Waals surface area contributed by atoms with E-state index in [2.05, 4.69) is 0 Å². The van der Waals surface area contributed by atoms with Crippen LogP contribution in [0.25, 0.3) is 32.7 Å². The van der Waals surface area contributed by atoms with Crippen LogP contribution in [-0.4, -0.2) is 23.8 Å². The summed E-state index contributed by atoms with van der Waals surface area (Å²) in [5.41, 5.74) is 2.47. The largest absolute Gasteiger partial charge is 0.277 e. The average molecular weight is 363 g/mol. The van der Waals surface area contributed by atoms with Crippen LogP contribution in [0.2, 0.25) is 0 Å². The Balaban J connectivity index is 1.77. The van der Waals surface area contributed by atoms with E-state index in [0.717, 1.165) is 32.7 Å². The molecule has 0 bridgehead atoms. The average Bonchev–Trinajstić information content (AvgIpc) is 2.97. The quantitative estimate of drug-likeness (QED) is 0.475. The Bertz CT molecular complexity index is 1220. The summed E-state index contributed by atoms with van der Waals surface area (Å²) in [4.78, 5) is 27.1. The van der Waals surface area contributed by atoms with Crippen molar-refractivity contribution in [1.29, 1.82) is 0 Å². The van der Waals surface area contributed by atoms with Gasteiger partial charge in [-0.2, -0.15) is 0 Å². The normalized spacial score (nSPS) is 14.5. The molecule has 5 rings (SSSR count). The van der Waals surface area contributed by atoms with Crippen LogP contribution >= 0.6 is 0 Å². The summed E-state index contributed by atoms with van der Waals surface area (Å²) in [5.74, 6) is -0.521. The fraction of sp³-hybridized carbons (Fsp3) is 0.0400. The molecule has 4 aromatic carbocycles. The lowest BCUT2D eigenvalue weighted by Gasteiger charge is -2.07. The third kappa shape index (κ3) is 2.44. The minimum Gasteiger partial charge on any atom is -0.277 e. The van der Waals surface area contributed by atoms with Crippen molar-refractivity contribution in [1.82, 2.24) is 4.90 Å². The smallest absolute Gasteiger partial charge is 0.261 e. The zero-order valence-corrected chi connectivity index (χ0v) is 15.3. The Morgan fingerprint density at radius 3 is 1.36 bits per heavy atom. The number of hydrogen-bond donors (Lipinski definition) is 0.